The van der Waals surface area contributed by atoms with Crippen molar-refractivity contribution in [3.63, 3.8) is 0 Å². The molecule has 0 aromatic carbocycles. The van der Waals surface area contributed by atoms with Crippen LogP contribution in [0.1, 0.15) is 27.2 Å². The van der Waals surface area contributed by atoms with E-state index in [0.29, 0.717) is 6.42 Å². The number of Topliss-reactive ketones (excluding diaryl/α,β-unsaturated/α-hetero) is 1. The molecule has 0 spiro atoms. The highest BCUT2D eigenvalue weighted by Crippen LogP contribution is 2.04. The van der Waals surface area contributed by atoms with Gasteiger partial charge in [0.25, 0.3) is 0 Å². The summed E-state index contributed by atoms with van der Waals surface area (Å²) < 4.78 is 22.0. The van der Waals surface area contributed by atoms with E-state index in [4.69, 9.17) is 0 Å². The molecule has 0 radical (unpaired) electrons. The fourth-order valence-corrected chi connectivity index (χ4v) is 1.61. The van der Waals surface area contributed by atoms with Crippen LogP contribution in [0.25, 0.3) is 0 Å². The molecule has 0 amide bonds. The van der Waals surface area contributed by atoms with E-state index in [1.165, 1.54) is 0 Å². The highest BCUT2D eigenvalue weighted by atomic mass is 32.2. The smallest absolute Gasteiger partial charge is 0.157 e. The van der Waals surface area contributed by atoms with E-state index in [1.807, 2.05) is 6.92 Å². The van der Waals surface area contributed by atoms with E-state index in [0.717, 1.165) is 0 Å². The highest BCUT2D eigenvalue weighted by molar-refractivity contribution is 7.92. The van der Waals surface area contributed by atoms with Gasteiger partial charge in [-0.1, -0.05) is 20.8 Å². The first-order valence-electron chi connectivity index (χ1n) is 4.16. The number of carbonyl (C=O) groups excluding carboxylic acids is 1. The summed E-state index contributed by atoms with van der Waals surface area (Å²) in [5.41, 5.74) is 0. The van der Waals surface area contributed by atoms with Gasteiger partial charge in [0, 0.05) is 11.7 Å². The number of ketones is 1. The maximum absolute atomic E-state index is 11.2. The molecule has 4 heteroatoms. The molecule has 0 heterocycles. The molecule has 3 nitrogen and oxygen atoms in total. The van der Waals surface area contributed by atoms with Gasteiger partial charge in [0.2, 0.25) is 0 Å². The number of rotatable bonds is 5. The Labute approximate surface area is 74.1 Å². The summed E-state index contributed by atoms with van der Waals surface area (Å²) in [5, 5.41) is 0. The van der Waals surface area contributed by atoms with Crippen LogP contribution in [0.15, 0.2) is 0 Å². The Morgan fingerprint density at radius 3 is 2.17 bits per heavy atom. The van der Waals surface area contributed by atoms with Crippen molar-refractivity contribution in [2.24, 2.45) is 5.92 Å². The van der Waals surface area contributed by atoms with Crippen molar-refractivity contribution >= 4 is 15.6 Å². The Kier molecular flexibility index (Phi) is 4.45. The molecule has 12 heavy (non-hydrogen) atoms. The van der Waals surface area contributed by atoms with Gasteiger partial charge in [-0.05, 0) is 6.42 Å². The number of hydrogen-bond donors (Lipinski definition) is 0. The molecule has 0 saturated heterocycles. The van der Waals surface area contributed by atoms with Crippen LogP contribution in [0.2, 0.25) is 0 Å². The molecule has 0 fully saturated rings. The molecule has 0 rings (SSSR count). The van der Waals surface area contributed by atoms with Crippen molar-refractivity contribution in [2.75, 3.05) is 11.5 Å². The Bertz CT molecular complexity index is 241. The van der Waals surface area contributed by atoms with Crippen LogP contribution in [-0.2, 0) is 14.6 Å². The minimum atomic E-state index is -3.12. The van der Waals surface area contributed by atoms with Crippen molar-refractivity contribution in [2.45, 2.75) is 27.2 Å². The lowest BCUT2D eigenvalue weighted by molar-refractivity contribution is -0.119. The van der Waals surface area contributed by atoms with Crippen molar-refractivity contribution in [1.29, 1.82) is 0 Å². The van der Waals surface area contributed by atoms with E-state index in [2.05, 4.69) is 0 Å². The lowest BCUT2D eigenvalue weighted by atomic mass is 10.1. The third-order valence-corrected chi connectivity index (χ3v) is 3.57. The molecular formula is C8H16O3S. The monoisotopic (exact) mass is 192 g/mol. The molecule has 1 atom stereocenters. The summed E-state index contributed by atoms with van der Waals surface area (Å²) in [7, 11) is -3.12. The first-order chi connectivity index (χ1) is 5.43. The quantitative estimate of drug-likeness (QED) is 0.654. The fourth-order valence-electron chi connectivity index (χ4n) is 0.689. The molecular weight excluding hydrogens is 176 g/mol. The maximum atomic E-state index is 11.2. The van der Waals surface area contributed by atoms with Gasteiger partial charge in [0.15, 0.2) is 15.6 Å². The molecule has 0 aliphatic heterocycles. The predicted octanol–water partition coefficient (Wildman–Crippen LogP) is 1.04. The van der Waals surface area contributed by atoms with Gasteiger partial charge in [-0.3, -0.25) is 4.79 Å². The van der Waals surface area contributed by atoms with Crippen LogP contribution in [0, 0.1) is 5.92 Å². The van der Waals surface area contributed by atoms with Gasteiger partial charge in [0.05, 0.1) is 0 Å². The molecule has 0 aromatic rings. The first kappa shape index (κ1) is 11.6. The minimum Gasteiger partial charge on any atom is -0.298 e. The van der Waals surface area contributed by atoms with Crippen molar-refractivity contribution in [3.8, 4) is 0 Å². The Morgan fingerprint density at radius 1 is 1.33 bits per heavy atom. The number of carbonyl (C=O) groups is 1. The summed E-state index contributed by atoms with van der Waals surface area (Å²) in [6.07, 6.45) is 0.706. The molecule has 0 aliphatic carbocycles. The average molecular weight is 192 g/mol. The second-order valence-electron chi connectivity index (χ2n) is 2.95. The molecule has 0 saturated carbocycles. The standard InChI is InChI=1S/C8H16O3S/c1-4-7(3)8(9)6-12(10,11)5-2/h7H,4-6H2,1-3H3. The largest absolute Gasteiger partial charge is 0.298 e. The number of sulfone groups is 1. The molecule has 0 bridgehead atoms. The first-order valence-corrected chi connectivity index (χ1v) is 5.98. The maximum Gasteiger partial charge on any atom is 0.157 e. The SMILES string of the molecule is CCC(C)C(=O)CS(=O)(=O)CC. The van der Waals surface area contributed by atoms with Crippen LogP contribution in [0.5, 0.6) is 0 Å². The van der Waals surface area contributed by atoms with Crippen LogP contribution in [-0.4, -0.2) is 25.7 Å². The average Bonchev–Trinajstić information content (AvgIpc) is 2.02. The van der Waals surface area contributed by atoms with E-state index < -0.39 is 9.84 Å². The normalized spacial score (nSPS) is 14.2. The second kappa shape index (κ2) is 4.60. The van der Waals surface area contributed by atoms with E-state index in [-0.39, 0.29) is 23.2 Å². The minimum absolute atomic E-state index is 0.0508. The zero-order chi connectivity index (χ0) is 9.78. The summed E-state index contributed by atoms with van der Waals surface area (Å²) >= 11 is 0. The van der Waals surface area contributed by atoms with Gasteiger partial charge in [-0.25, -0.2) is 8.42 Å². The van der Waals surface area contributed by atoms with Gasteiger partial charge >= 0.3 is 0 Å². The zero-order valence-corrected chi connectivity index (χ0v) is 8.65. The predicted molar refractivity (Wildman–Crippen MR) is 48.8 cm³/mol. The topological polar surface area (TPSA) is 51.2 Å². The molecule has 0 N–H and O–H groups in total. The van der Waals surface area contributed by atoms with Crippen LogP contribution in [0.4, 0.5) is 0 Å². The van der Waals surface area contributed by atoms with E-state index in [9.17, 15) is 13.2 Å². The molecule has 0 aromatic heterocycles. The number of hydrogen-bond acceptors (Lipinski definition) is 3. The van der Waals surface area contributed by atoms with Crippen LogP contribution < -0.4 is 0 Å². The Balaban J connectivity index is 4.20. The summed E-state index contributed by atoms with van der Waals surface area (Å²) in [5.74, 6) is -0.543. The van der Waals surface area contributed by atoms with E-state index >= 15 is 0 Å². The second-order valence-corrected chi connectivity index (χ2v) is 5.31. The third kappa shape index (κ3) is 3.85. The molecule has 72 valence electrons. The lowest BCUT2D eigenvalue weighted by Gasteiger charge is -2.06. The fraction of sp³-hybridized carbons (Fsp3) is 0.875. The van der Waals surface area contributed by atoms with E-state index in [1.54, 1.807) is 13.8 Å². The summed E-state index contributed by atoms with van der Waals surface area (Å²) in [6, 6.07) is 0. The van der Waals surface area contributed by atoms with Crippen LogP contribution in [0.3, 0.4) is 0 Å². The van der Waals surface area contributed by atoms with Gasteiger partial charge < -0.3 is 0 Å². The lowest BCUT2D eigenvalue weighted by Crippen LogP contribution is -2.22. The third-order valence-electron chi connectivity index (χ3n) is 1.96. The summed E-state index contributed by atoms with van der Waals surface area (Å²) in [4.78, 5) is 11.2. The van der Waals surface area contributed by atoms with Gasteiger partial charge in [0.1, 0.15) is 5.75 Å². The highest BCUT2D eigenvalue weighted by Gasteiger charge is 2.18. The van der Waals surface area contributed by atoms with Gasteiger partial charge in [-0.2, -0.15) is 0 Å². The Morgan fingerprint density at radius 2 is 1.83 bits per heavy atom. The Hall–Kier alpha value is -0.380. The summed E-state index contributed by atoms with van der Waals surface area (Å²) in [6.45, 7) is 5.19. The van der Waals surface area contributed by atoms with Crippen molar-refractivity contribution in [1.82, 2.24) is 0 Å². The van der Waals surface area contributed by atoms with Crippen LogP contribution >= 0.6 is 0 Å². The van der Waals surface area contributed by atoms with Crippen molar-refractivity contribution in [3.05, 3.63) is 0 Å². The van der Waals surface area contributed by atoms with Crippen molar-refractivity contribution < 1.29 is 13.2 Å². The molecule has 0 aliphatic rings. The molecule has 1 unspecified atom stereocenters. The van der Waals surface area contributed by atoms with Gasteiger partial charge in [-0.15, -0.1) is 0 Å². The zero-order valence-electron chi connectivity index (χ0n) is 7.83.